The van der Waals surface area contributed by atoms with Crippen LogP contribution in [0.3, 0.4) is 0 Å². The lowest BCUT2D eigenvalue weighted by molar-refractivity contribution is 0.0781. The van der Waals surface area contributed by atoms with Gasteiger partial charge in [0.25, 0.3) is 0 Å². The van der Waals surface area contributed by atoms with E-state index in [4.69, 9.17) is 0 Å². The van der Waals surface area contributed by atoms with Gasteiger partial charge in [0, 0.05) is 38.6 Å². The van der Waals surface area contributed by atoms with Gasteiger partial charge in [-0.15, -0.1) is 5.10 Å². The average molecular weight is 485 g/mol. The van der Waals surface area contributed by atoms with Gasteiger partial charge in [-0.05, 0) is 59.5 Å². The van der Waals surface area contributed by atoms with Gasteiger partial charge in [-0.1, -0.05) is 66.8 Å². The fraction of sp³-hybridized carbons (Fsp3) is 0.345. The second kappa shape index (κ2) is 11.1. The maximum atomic E-state index is 14.4. The van der Waals surface area contributed by atoms with Crippen molar-refractivity contribution in [3.8, 4) is 5.69 Å². The van der Waals surface area contributed by atoms with Crippen molar-refractivity contribution in [2.45, 2.75) is 26.3 Å². The van der Waals surface area contributed by atoms with Gasteiger partial charge in [0.1, 0.15) is 5.83 Å². The molecule has 2 heterocycles. The molecule has 1 fully saturated rings. The highest BCUT2D eigenvalue weighted by Crippen LogP contribution is 2.36. The van der Waals surface area contributed by atoms with Crippen molar-refractivity contribution >= 4 is 6.08 Å². The molecule has 2 atom stereocenters. The predicted octanol–water partition coefficient (Wildman–Crippen LogP) is 5.08. The van der Waals surface area contributed by atoms with Crippen molar-refractivity contribution in [1.82, 2.24) is 30.0 Å². The lowest BCUT2D eigenvalue weighted by Crippen LogP contribution is -2.49. The summed E-state index contributed by atoms with van der Waals surface area (Å²) in [6, 6.07) is 16.5. The zero-order valence-corrected chi connectivity index (χ0v) is 21.0. The molecule has 1 unspecified atom stereocenters. The summed E-state index contributed by atoms with van der Waals surface area (Å²) >= 11 is 0. The summed E-state index contributed by atoms with van der Waals surface area (Å²) in [4.78, 5) is 4.89. The molecule has 7 heteroatoms. The summed E-state index contributed by atoms with van der Waals surface area (Å²) in [6.07, 6.45) is 10.4. The standard InChI is InChI=1S/C29H33FN6/c1-22-9-6-10-23(2)27(22)36-29(31-32-33-36)28(25-14-7-15-26(30)21-25)35-19-17-34(18-20-35)16-8-13-24-11-4-3-5-12-24/h3-13,15,21,25,28H,14,16-20H2,1-2H3/b13-8+/t25?,28-/m0/s1. The Morgan fingerprint density at radius 1 is 1.00 bits per heavy atom. The van der Waals surface area contributed by atoms with Crippen molar-refractivity contribution in [3.63, 3.8) is 0 Å². The molecule has 1 saturated heterocycles. The van der Waals surface area contributed by atoms with E-state index in [-0.39, 0.29) is 17.8 Å². The smallest absolute Gasteiger partial charge is 0.174 e. The average Bonchev–Trinajstić information content (AvgIpc) is 3.34. The Bertz CT molecular complexity index is 1230. The van der Waals surface area contributed by atoms with E-state index >= 15 is 0 Å². The predicted molar refractivity (Wildman–Crippen MR) is 141 cm³/mol. The molecular formula is C29H33FN6. The molecule has 0 radical (unpaired) electrons. The van der Waals surface area contributed by atoms with E-state index in [1.807, 2.05) is 22.9 Å². The first kappa shape index (κ1) is 24.3. The summed E-state index contributed by atoms with van der Waals surface area (Å²) in [5, 5.41) is 13.0. The van der Waals surface area contributed by atoms with Gasteiger partial charge in [0.15, 0.2) is 5.82 Å². The first-order valence-electron chi connectivity index (χ1n) is 12.7. The molecular weight excluding hydrogens is 451 g/mol. The number of aromatic nitrogens is 4. The van der Waals surface area contributed by atoms with Gasteiger partial charge >= 0.3 is 0 Å². The largest absolute Gasteiger partial charge is 0.297 e. The molecule has 5 rings (SSSR count). The summed E-state index contributed by atoms with van der Waals surface area (Å²) in [7, 11) is 0. The number of aryl methyl sites for hydroxylation is 2. The molecule has 0 spiro atoms. The van der Waals surface area contributed by atoms with Crippen LogP contribution in [0.1, 0.15) is 35.0 Å². The molecule has 3 aromatic rings. The van der Waals surface area contributed by atoms with E-state index in [9.17, 15) is 4.39 Å². The monoisotopic (exact) mass is 484 g/mol. The maximum absolute atomic E-state index is 14.4. The van der Waals surface area contributed by atoms with Crippen molar-refractivity contribution in [3.05, 3.63) is 101 Å². The number of benzene rings is 2. The molecule has 1 aliphatic heterocycles. The van der Waals surface area contributed by atoms with Crippen LogP contribution in [-0.4, -0.2) is 62.7 Å². The van der Waals surface area contributed by atoms with Gasteiger partial charge in [-0.25, -0.2) is 4.39 Å². The Balaban J connectivity index is 1.37. The van der Waals surface area contributed by atoms with Crippen molar-refractivity contribution in [2.24, 2.45) is 5.92 Å². The Kier molecular flexibility index (Phi) is 7.49. The molecule has 0 N–H and O–H groups in total. The third-order valence-corrected chi connectivity index (χ3v) is 7.15. The number of allylic oxidation sites excluding steroid dienone is 3. The van der Waals surface area contributed by atoms with Crippen LogP contribution in [0.4, 0.5) is 4.39 Å². The maximum Gasteiger partial charge on any atom is 0.174 e. The molecule has 186 valence electrons. The number of hydrogen-bond donors (Lipinski definition) is 0. The highest BCUT2D eigenvalue weighted by molar-refractivity contribution is 5.49. The minimum Gasteiger partial charge on any atom is -0.297 e. The summed E-state index contributed by atoms with van der Waals surface area (Å²) < 4.78 is 16.2. The highest BCUT2D eigenvalue weighted by Gasteiger charge is 2.35. The van der Waals surface area contributed by atoms with Crippen LogP contribution in [0.15, 0.2) is 78.7 Å². The van der Waals surface area contributed by atoms with Crippen LogP contribution in [0.25, 0.3) is 11.8 Å². The number of piperazine rings is 1. The van der Waals surface area contributed by atoms with E-state index in [0.717, 1.165) is 61.8 Å². The molecule has 0 saturated carbocycles. The lowest BCUT2D eigenvalue weighted by atomic mass is 9.89. The molecule has 36 heavy (non-hydrogen) atoms. The van der Waals surface area contributed by atoms with E-state index in [0.29, 0.717) is 0 Å². The van der Waals surface area contributed by atoms with Gasteiger partial charge in [0.05, 0.1) is 11.7 Å². The molecule has 1 aliphatic carbocycles. The van der Waals surface area contributed by atoms with Crippen molar-refractivity contribution in [1.29, 1.82) is 0 Å². The first-order chi connectivity index (χ1) is 17.6. The lowest BCUT2D eigenvalue weighted by Gasteiger charge is -2.41. The summed E-state index contributed by atoms with van der Waals surface area (Å²) in [6.45, 7) is 8.69. The summed E-state index contributed by atoms with van der Waals surface area (Å²) in [5.74, 6) is 0.551. The third-order valence-electron chi connectivity index (χ3n) is 7.15. The summed E-state index contributed by atoms with van der Waals surface area (Å²) in [5.41, 5.74) is 4.45. The fourth-order valence-electron chi connectivity index (χ4n) is 5.32. The SMILES string of the molecule is Cc1cccc(C)c1-n1nnnc1[C@H](C1C=C(F)C=CC1)N1CCN(C/C=C/c2ccccc2)CC1. The third kappa shape index (κ3) is 5.37. The topological polar surface area (TPSA) is 50.1 Å². The van der Waals surface area contributed by atoms with E-state index < -0.39 is 0 Å². The molecule has 1 aromatic heterocycles. The van der Waals surface area contributed by atoms with Crippen LogP contribution in [0, 0.1) is 19.8 Å². The molecule has 2 aliphatic rings. The molecule has 2 aromatic carbocycles. The Morgan fingerprint density at radius 2 is 1.75 bits per heavy atom. The molecule has 6 nitrogen and oxygen atoms in total. The van der Waals surface area contributed by atoms with E-state index in [2.05, 4.69) is 87.7 Å². The van der Waals surface area contributed by atoms with Crippen LogP contribution < -0.4 is 0 Å². The van der Waals surface area contributed by atoms with Crippen LogP contribution in [-0.2, 0) is 0 Å². The zero-order valence-electron chi connectivity index (χ0n) is 21.0. The van der Waals surface area contributed by atoms with Gasteiger partial charge < -0.3 is 0 Å². The second-order valence-electron chi connectivity index (χ2n) is 9.64. The van der Waals surface area contributed by atoms with E-state index in [1.54, 1.807) is 12.2 Å². The number of halogens is 1. The number of para-hydroxylation sites is 1. The molecule has 0 amide bonds. The van der Waals surface area contributed by atoms with Crippen LogP contribution >= 0.6 is 0 Å². The highest BCUT2D eigenvalue weighted by atomic mass is 19.1. The fourth-order valence-corrected chi connectivity index (χ4v) is 5.32. The zero-order chi connectivity index (χ0) is 24.9. The van der Waals surface area contributed by atoms with Crippen molar-refractivity contribution in [2.75, 3.05) is 32.7 Å². The first-order valence-corrected chi connectivity index (χ1v) is 12.7. The van der Waals surface area contributed by atoms with Crippen LogP contribution in [0.2, 0.25) is 0 Å². The van der Waals surface area contributed by atoms with E-state index in [1.165, 1.54) is 5.56 Å². The van der Waals surface area contributed by atoms with Crippen LogP contribution in [0.5, 0.6) is 0 Å². The Labute approximate surface area is 212 Å². The molecule has 0 bridgehead atoms. The minimum absolute atomic E-state index is 0.0337. The minimum atomic E-state index is -0.188. The number of hydrogen-bond acceptors (Lipinski definition) is 5. The Hall–Kier alpha value is -3.42. The van der Waals surface area contributed by atoms with Gasteiger partial charge in [-0.2, -0.15) is 4.68 Å². The normalized spacial score (nSPS) is 20.1. The van der Waals surface area contributed by atoms with Gasteiger partial charge in [-0.3, -0.25) is 9.80 Å². The second-order valence-corrected chi connectivity index (χ2v) is 9.64. The quantitative estimate of drug-likeness (QED) is 0.468. The number of rotatable bonds is 7. The van der Waals surface area contributed by atoms with Crippen molar-refractivity contribution < 1.29 is 4.39 Å². The number of nitrogens with zero attached hydrogens (tertiary/aromatic N) is 6. The Morgan fingerprint density at radius 3 is 2.47 bits per heavy atom. The van der Waals surface area contributed by atoms with Gasteiger partial charge in [0.2, 0.25) is 0 Å². The number of tetrazole rings is 1.